The number of carbonyl (C=O) groups is 2. The van der Waals surface area contributed by atoms with Gasteiger partial charge in [-0.2, -0.15) is 26.3 Å². The van der Waals surface area contributed by atoms with Gasteiger partial charge >= 0.3 is 12.4 Å². The Morgan fingerprint density at radius 2 is 1.53 bits per heavy atom. The molecule has 0 aliphatic heterocycles. The standard InChI is InChI=1S/C22H15F6NO3/c23-21(24,25)16-9-13(10-17(11-16)22(26,27)28)8-15-4-3-14-7-12(2-6-19(30)29-32)1-5-18(14)20(15)31/h1-2,5-11,32H,3-4H2,(H,29,30)/b6-2+,15-8+. The number of amides is 1. The van der Waals surface area contributed by atoms with Crippen molar-refractivity contribution >= 4 is 23.8 Å². The highest BCUT2D eigenvalue weighted by molar-refractivity contribution is 6.13. The number of benzene rings is 2. The summed E-state index contributed by atoms with van der Waals surface area (Å²) in [5.74, 6) is -1.25. The van der Waals surface area contributed by atoms with Crippen molar-refractivity contribution in [1.82, 2.24) is 5.48 Å². The van der Waals surface area contributed by atoms with Crippen LogP contribution in [0.3, 0.4) is 0 Å². The molecule has 3 rings (SSSR count). The van der Waals surface area contributed by atoms with E-state index in [1.807, 2.05) is 0 Å². The maximum Gasteiger partial charge on any atom is 0.416 e. The van der Waals surface area contributed by atoms with Crippen LogP contribution in [0.2, 0.25) is 0 Å². The molecule has 0 unspecified atom stereocenters. The Bertz CT molecular complexity index is 1100. The third kappa shape index (κ3) is 5.25. The average Bonchev–Trinajstić information content (AvgIpc) is 2.72. The maximum absolute atomic E-state index is 13.1. The van der Waals surface area contributed by atoms with Crippen LogP contribution in [0.25, 0.3) is 12.2 Å². The van der Waals surface area contributed by atoms with Gasteiger partial charge in [-0.15, -0.1) is 0 Å². The van der Waals surface area contributed by atoms with E-state index in [0.29, 0.717) is 29.7 Å². The number of halogens is 6. The van der Waals surface area contributed by atoms with Gasteiger partial charge in [0.2, 0.25) is 0 Å². The summed E-state index contributed by atoms with van der Waals surface area (Å²) in [6, 6.07) is 5.81. The number of fused-ring (bicyclic) bond motifs is 1. The minimum Gasteiger partial charge on any atom is -0.289 e. The van der Waals surface area contributed by atoms with E-state index in [9.17, 15) is 35.9 Å². The van der Waals surface area contributed by atoms with Gasteiger partial charge in [0.15, 0.2) is 5.78 Å². The maximum atomic E-state index is 13.1. The number of Topliss-reactive ketones (excluding diaryl/α,β-unsaturated/α-hetero) is 1. The van der Waals surface area contributed by atoms with E-state index in [-0.39, 0.29) is 29.2 Å². The van der Waals surface area contributed by atoms with Crippen LogP contribution in [0.4, 0.5) is 26.3 Å². The summed E-state index contributed by atoms with van der Waals surface area (Å²) >= 11 is 0. The Labute approximate surface area is 177 Å². The number of allylic oxidation sites excluding steroid dienone is 1. The fourth-order valence-corrected chi connectivity index (χ4v) is 3.31. The van der Waals surface area contributed by atoms with Crippen LogP contribution < -0.4 is 5.48 Å². The number of ketones is 1. The Morgan fingerprint density at radius 3 is 2.09 bits per heavy atom. The summed E-state index contributed by atoms with van der Waals surface area (Å²) in [6.07, 6.45) is -5.98. The molecule has 0 heterocycles. The molecule has 0 saturated carbocycles. The molecule has 168 valence electrons. The zero-order chi connectivity index (χ0) is 23.7. The van der Waals surface area contributed by atoms with Crippen molar-refractivity contribution < 1.29 is 41.1 Å². The van der Waals surface area contributed by atoms with Gasteiger partial charge < -0.3 is 0 Å². The smallest absolute Gasteiger partial charge is 0.289 e. The summed E-state index contributed by atoms with van der Waals surface area (Å²) in [4.78, 5) is 23.8. The van der Waals surface area contributed by atoms with E-state index < -0.39 is 35.2 Å². The summed E-state index contributed by atoms with van der Waals surface area (Å²) in [5.41, 5.74) is -0.284. The van der Waals surface area contributed by atoms with Crippen LogP contribution in [0.15, 0.2) is 48.0 Å². The normalized spacial score (nSPS) is 15.8. The minimum atomic E-state index is -4.98. The number of nitrogens with one attached hydrogen (secondary N) is 1. The fraction of sp³-hybridized carbons (Fsp3) is 0.182. The summed E-state index contributed by atoms with van der Waals surface area (Å²) < 4.78 is 78.4. The number of rotatable bonds is 3. The summed E-state index contributed by atoms with van der Waals surface area (Å²) in [5, 5.41) is 8.49. The quantitative estimate of drug-likeness (QED) is 0.280. The third-order valence-electron chi connectivity index (χ3n) is 4.82. The molecule has 4 nitrogen and oxygen atoms in total. The number of aryl methyl sites for hydroxylation is 1. The van der Waals surface area contributed by atoms with Crippen molar-refractivity contribution in [2.45, 2.75) is 25.2 Å². The van der Waals surface area contributed by atoms with Crippen LogP contribution in [0.1, 0.15) is 44.6 Å². The molecule has 0 bridgehead atoms. The molecule has 32 heavy (non-hydrogen) atoms. The number of hydrogen-bond donors (Lipinski definition) is 2. The van der Waals surface area contributed by atoms with Crippen molar-refractivity contribution in [1.29, 1.82) is 0 Å². The van der Waals surface area contributed by atoms with E-state index in [1.165, 1.54) is 23.7 Å². The molecule has 0 radical (unpaired) electrons. The van der Waals surface area contributed by atoms with E-state index in [4.69, 9.17) is 5.21 Å². The molecule has 1 amide bonds. The summed E-state index contributed by atoms with van der Waals surface area (Å²) in [6.45, 7) is 0. The second kappa shape index (κ2) is 8.62. The van der Waals surface area contributed by atoms with Crippen molar-refractivity contribution in [2.75, 3.05) is 0 Å². The molecule has 1 aliphatic carbocycles. The number of hydroxylamine groups is 1. The molecule has 0 fully saturated rings. The lowest BCUT2D eigenvalue weighted by Gasteiger charge is -2.19. The monoisotopic (exact) mass is 455 g/mol. The molecule has 0 spiro atoms. The van der Waals surface area contributed by atoms with Gasteiger partial charge in [-0.05, 0) is 59.9 Å². The first-order valence-electron chi connectivity index (χ1n) is 9.18. The second-order valence-corrected chi connectivity index (χ2v) is 7.06. The average molecular weight is 455 g/mol. The zero-order valence-corrected chi connectivity index (χ0v) is 16.1. The van der Waals surface area contributed by atoms with E-state index in [0.717, 1.165) is 12.2 Å². The first-order valence-corrected chi connectivity index (χ1v) is 9.18. The molecule has 2 N–H and O–H groups in total. The Morgan fingerprint density at radius 1 is 0.906 bits per heavy atom. The summed E-state index contributed by atoms with van der Waals surface area (Å²) in [7, 11) is 0. The van der Waals surface area contributed by atoms with Crippen molar-refractivity contribution in [3.05, 3.63) is 81.4 Å². The highest BCUT2D eigenvalue weighted by atomic mass is 19.4. The topological polar surface area (TPSA) is 66.4 Å². The molecule has 0 atom stereocenters. The molecular formula is C22H15F6NO3. The Kier molecular flexibility index (Phi) is 6.27. The van der Waals surface area contributed by atoms with E-state index in [2.05, 4.69) is 0 Å². The molecule has 0 saturated heterocycles. The minimum absolute atomic E-state index is 0.0338. The van der Waals surface area contributed by atoms with E-state index in [1.54, 1.807) is 6.07 Å². The SMILES string of the molecule is O=C(/C=C/c1ccc2c(c1)CC/C(=C\c1cc(C(F)(F)F)cc(C(F)(F)F)c1)C2=O)NO. The van der Waals surface area contributed by atoms with Crippen molar-refractivity contribution in [2.24, 2.45) is 0 Å². The van der Waals surface area contributed by atoms with Crippen LogP contribution in [0.5, 0.6) is 0 Å². The predicted molar refractivity (Wildman–Crippen MR) is 102 cm³/mol. The Hall–Kier alpha value is -3.40. The third-order valence-corrected chi connectivity index (χ3v) is 4.82. The lowest BCUT2D eigenvalue weighted by atomic mass is 9.85. The molecular weight excluding hydrogens is 440 g/mol. The first kappa shape index (κ1) is 23.3. The number of carbonyl (C=O) groups excluding carboxylic acids is 2. The highest BCUT2D eigenvalue weighted by Crippen LogP contribution is 2.37. The van der Waals surface area contributed by atoms with Gasteiger partial charge in [-0.1, -0.05) is 18.2 Å². The molecule has 2 aromatic rings. The number of alkyl halides is 6. The van der Waals surface area contributed by atoms with Gasteiger partial charge in [-0.3, -0.25) is 14.8 Å². The van der Waals surface area contributed by atoms with Crippen LogP contribution in [-0.2, 0) is 23.6 Å². The molecule has 2 aromatic carbocycles. The van der Waals surface area contributed by atoms with E-state index >= 15 is 0 Å². The number of hydrogen-bond acceptors (Lipinski definition) is 3. The van der Waals surface area contributed by atoms with Crippen LogP contribution >= 0.6 is 0 Å². The van der Waals surface area contributed by atoms with Crippen molar-refractivity contribution in [3.63, 3.8) is 0 Å². The van der Waals surface area contributed by atoms with Crippen LogP contribution in [-0.4, -0.2) is 16.9 Å². The first-order chi connectivity index (χ1) is 14.9. The van der Waals surface area contributed by atoms with Gasteiger partial charge in [0.1, 0.15) is 0 Å². The van der Waals surface area contributed by atoms with Gasteiger partial charge in [0, 0.05) is 17.2 Å². The molecule has 10 heteroatoms. The van der Waals surface area contributed by atoms with Crippen molar-refractivity contribution in [3.8, 4) is 0 Å². The predicted octanol–water partition coefficient (Wildman–Crippen LogP) is 5.46. The lowest BCUT2D eigenvalue weighted by Crippen LogP contribution is -2.15. The highest BCUT2D eigenvalue weighted by Gasteiger charge is 2.37. The van der Waals surface area contributed by atoms with Gasteiger partial charge in [-0.25, -0.2) is 5.48 Å². The lowest BCUT2D eigenvalue weighted by molar-refractivity contribution is -0.143. The second-order valence-electron chi connectivity index (χ2n) is 7.06. The van der Waals surface area contributed by atoms with Gasteiger partial charge in [0.25, 0.3) is 5.91 Å². The molecule has 0 aromatic heterocycles. The fourth-order valence-electron chi connectivity index (χ4n) is 3.31. The molecule has 1 aliphatic rings. The largest absolute Gasteiger partial charge is 0.416 e. The zero-order valence-electron chi connectivity index (χ0n) is 16.1. The van der Waals surface area contributed by atoms with Gasteiger partial charge in [0.05, 0.1) is 11.1 Å². The Balaban J connectivity index is 1.96. The van der Waals surface area contributed by atoms with Crippen LogP contribution in [0, 0.1) is 0 Å².